The highest BCUT2D eigenvalue weighted by molar-refractivity contribution is 9.10. The Kier molecular flexibility index (Phi) is 3.74. The third-order valence-electron chi connectivity index (χ3n) is 2.50. The van der Waals surface area contributed by atoms with Crippen molar-refractivity contribution in [1.82, 2.24) is 15.3 Å². The van der Waals surface area contributed by atoms with Crippen LogP contribution in [-0.4, -0.2) is 9.97 Å². The Morgan fingerprint density at radius 3 is 3.06 bits per heavy atom. The molecule has 84 valence electrons. The molecule has 1 heterocycles. The van der Waals surface area contributed by atoms with Crippen molar-refractivity contribution in [3.63, 3.8) is 0 Å². The molecule has 1 atom stereocenters. The van der Waals surface area contributed by atoms with Crippen molar-refractivity contribution in [2.45, 2.75) is 19.5 Å². The molecule has 0 aliphatic heterocycles. The molecule has 0 bridgehead atoms. The zero-order valence-corrected chi connectivity index (χ0v) is 10.7. The maximum Gasteiger partial charge on any atom is 0.0922 e. The lowest BCUT2D eigenvalue weighted by molar-refractivity contribution is 0.569. The molecule has 0 saturated carbocycles. The Hall–Kier alpha value is -1.13. The van der Waals surface area contributed by atoms with E-state index in [0.717, 1.165) is 16.7 Å². The number of nitrogens with one attached hydrogen (secondary N) is 2. The van der Waals surface area contributed by atoms with Gasteiger partial charge in [0.25, 0.3) is 0 Å². The fourth-order valence-corrected chi connectivity index (χ4v) is 1.96. The molecule has 16 heavy (non-hydrogen) atoms. The molecule has 0 amide bonds. The standard InChI is InChI=1S/C12H14BrN3/c1-9(10-3-2-4-11(13)5-10)15-7-12-6-14-8-16-12/h2-6,8-9,15H,7H2,1H3,(H,14,16)/t9-/m1/s1. The van der Waals surface area contributed by atoms with Crippen LogP contribution in [0.1, 0.15) is 24.2 Å². The Bertz CT molecular complexity index is 439. The van der Waals surface area contributed by atoms with Crippen LogP contribution >= 0.6 is 15.9 Å². The van der Waals surface area contributed by atoms with E-state index in [1.54, 1.807) is 6.33 Å². The molecule has 0 spiro atoms. The normalized spacial score (nSPS) is 12.6. The first-order chi connectivity index (χ1) is 7.75. The number of benzene rings is 1. The van der Waals surface area contributed by atoms with E-state index in [-0.39, 0.29) is 0 Å². The third kappa shape index (κ3) is 2.93. The molecule has 0 aliphatic rings. The van der Waals surface area contributed by atoms with Gasteiger partial charge in [-0.25, -0.2) is 4.98 Å². The van der Waals surface area contributed by atoms with Gasteiger partial charge in [-0.3, -0.25) is 0 Å². The zero-order valence-electron chi connectivity index (χ0n) is 9.07. The Labute approximate surface area is 103 Å². The SMILES string of the molecule is C[C@@H](NCc1cnc[nH]1)c1cccc(Br)c1. The van der Waals surface area contributed by atoms with E-state index < -0.39 is 0 Å². The number of rotatable bonds is 4. The van der Waals surface area contributed by atoms with Gasteiger partial charge in [0.1, 0.15) is 0 Å². The molecule has 2 N–H and O–H groups in total. The summed E-state index contributed by atoms with van der Waals surface area (Å²) in [7, 11) is 0. The van der Waals surface area contributed by atoms with Crippen molar-refractivity contribution in [3.05, 3.63) is 52.5 Å². The number of nitrogens with zero attached hydrogens (tertiary/aromatic N) is 1. The minimum atomic E-state index is 0.320. The molecule has 1 aromatic carbocycles. The van der Waals surface area contributed by atoms with Crippen molar-refractivity contribution in [3.8, 4) is 0 Å². The maximum atomic E-state index is 3.98. The van der Waals surface area contributed by atoms with E-state index in [1.807, 2.05) is 18.3 Å². The summed E-state index contributed by atoms with van der Waals surface area (Å²) in [5.41, 5.74) is 2.37. The van der Waals surface area contributed by atoms with Crippen molar-refractivity contribution < 1.29 is 0 Å². The summed E-state index contributed by atoms with van der Waals surface area (Å²) in [6, 6.07) is 8.65. The smallest absolute Gasteiger partial charge is 0.0922 e. The lowest BCUT2D eigenvalue weighted by Crippen LogP contribution is -2.18. The number of imidazole rings is 1. The van der Waals surface area contributed by atoms with Crippen LogP contribution in [0.4, 0.5) is 0 Å². The predicted octanol–water partition coefficient (Wildman–Crippen LogP) is 3.02. The largest absolute Gasteiger partial charge is 0.347 e. The van der Waals surface area contributed by atoms with Gasteiger partial charge in [-0.15, -0.1) is 0 Å². The van der Waals surface area contributed by atoms with Gasteiger partial charge >= 0.3 is 0 Å². The topological polar surface area (TPSA) is 40.7 Å². The van der Waals surface area contributed by atoms with Crippen LogP contribution < -0.4 is 5.32 Å². The molecule has 4 heteroatoms. The summed E-state index contributed by atoms with van der Waals surface area (Å²) in [6.45, 7) is 2.95. The molecule has 0 unspecified atom stereocenters. The lowest BCUT2D eigenvalue weighted by atomic mass is 10.1. The molecule has 2 rings (SSSR count). The second-order valence-electron chi connectivity index (χ2n) is 3.73. The lowest BCUT2D eigenvalue weighted by Gasteiger charge is -2.13. The van der Waals surface area contributed by atoms with Crippen molar-refractivity contribution in [1.29, 1.82) is 0 Å². The fraction of sp³-hybridized carbons (Fsp3) is 0.250. The molecular formula is C12H14BrN3. The zero-order chi connectivity index (χ0) is 11.4. The molecule has 3 nitrogen and oxygen atoms in total. The Morgan fingerprint density at radius 1 is 1.50 bits per heavy atom. The highest BCUT2D eigenvalue weighted by Gasteiger charge is 2.05. The summed E-state index contributed by atoms with van der Waals surface area (Å²) in [6.07, 6.45) is 3.53. The van der Waals surface area contributed by atoms with Crippen LogP contribution in [0, 0.1) is 0 Å². The summed E-state index contributed by atoms with van der Waals surface area (Å²) in [5, 5.41) is 3.44. The summed E-state index contributed by atoms with van der Waals surface area (Å²) < 4.78 is 1.11. The van der Waals surface area contributed by atoms with Crippen LogP contribution in [0.3, 0.4) is 0 Å². The van der Waals surface area contributed by atoms with E-state index in [2.05, 4.69) is 50.3 Å². The molecule has 0 aliphatic carbocycles. The second kappa shape index (κ2) is 5.27. The van der Waals surface area contributed by atoms with Crippen LogP contribution in [0.15, 0.2) is 41.3 Å². The average molecular weight is 280 g/mol. The number of hydrogen-bond donors (Lipinski definition) is 2. The minimum Gasteiger partial charge on any atom is -0.347 e. The maximum absolute atomic E-state index is 3.98. The van der Waals surface area contributed by atoms with Crippen molar-refractivity contribution in [2.75, 3.05) is 0 Å². The van der Waals surface area contributed by atoms with Gasteiger partial charge in [0.05, 0.1) is 6.33 Å². The van der Waals surface area contributed by atoms with Crippen molar-refractivity contribution >= 4 is 15.9 Å². The molecular weight excluding hydrogens is 266 g/mol. The van der Waals surface area contributed by atoms with E-state index in [9.17, 15) is 0 Å². The molecule has 0 saturated heterocycles. The van der Waals surface area contributed by atoms with Gasteiger partial charge in [-0.05, 0) is 24.6 Å². The van der Waals surface area contributed by atoms with Crippen LogP contribution in [0.5, 0.6) is 0 Å². The number of H-pyrrole nitrogens is 1. The monoisotopic (exact) mass is 279 g/mol. The highest BCUT2D eigenvalue weighted by Crippen LogP contribution is 2.17. The van der Waals surface area contributed by atoms with E-state index in [1.165, 1.54) is 5.56 Å². The van der Waals surface area contributed by atoms with E-state index >= 15 is 0 Å². The highest BCUT2D eigenvalue weighted by atomic mass is 79.9. The molecule has 0 radical (unpaired) electrons. The summed E-state index contributed by atoms with van der Waals surface area (Å²) in [4.78, 5) is 7.06. The van der Waals surface area contributed by atoms with Gasteiger partial charge in [-0.1, -0.05) is 28.1 Å². The van der Waals surface area contributed by atoms with Crippen molar-refractivity contribution in [2.24, 2.45) is 0 Å². The molecule has 0 fully saturated rings. The third-order valence-corrected chi connectivity index (χ3v) is 3.00. The van der Waals surface area contributed by atoms with Crippen LogP contribution in [0.2, 0.25) is 0 Å². The first-order valence-corrected chi connectivity index (χ1v) is 6.01. The second-order valence-corrected chi connectivity index (χ2v) is 4.65. The number of aromatic amines is 1. The minimum absolute atomic E-state index is 0.320. The van der Waals surface area contributed by atoms with Gasteiger partial charge < -0.3 is 10.3 Å². The fourth-order valence-electron chi connectivity index (χ4n) is 1.54. The van der Waals surface area contributed by atoms with Crippen LogP contribution in [0.25, 0.3) is 0 Å². The number of hydrogen-bond acceptors (Lipinski definition) is 2. The first kappa shape index (κ1) is 11.4. The first-order valence-electron chi connectivity index (χ1n) is 5.22. The predicted molar refractivity (Wildman–Crippen MR) is 68.0 cm³/mol. The van der Waals surface area contributed by atoms with E-state index in [0.29, 0.717) is 6.04 Å². The van der Waals surface area contributed by atoms with Gasteiger partial charge in [0, 0.05) is 29.0 Å². The Morgan fingerprint density at radius 2 is 2.38 bits per heavy atom. The summed E-state index contributed by atoms with van der Waals surface area (Å²) >= 11 is 3.48. The summed E-state index contributed by atoms with van der Waals surface area (Å²) in [5.74, 6) is 0. The molecule has 2 aromatic rings. The van der Waals surface area contributed by atoms with Gasteiger partial charge in [0.2, 0.25) is 0 Å². The number of aromatic nitrogens is 2. The molecule has 1 aromatic heterocycles. The quantitative estimate of drug-likeness (QED) is 0.903. The number of halogens is 1. The van der Waals surface area contributed by atoms with Gasteiger partial charge in [0.15, 0.2) is 0 Å². The van der Waals surface area contributed by atoms with Gasteiger partial charge in [-0.2, -0.15) is 0 Å². The Balaban J connectivity index is 1.95. The average Bonchev–Trinajstić information content (AvgIpc) is 2.78. The van der Waals surface area contributed by atoms with E-state index in [4.69, 9.17) is 0 Å². The van der Waals surface area contributed by atoms with Crippen LogP contribution in [-0.2, 0) is 6.54 Å².